The average molecular weight is 275 g/mol. The van der Waals surface area contributed by atoms with Gasteiger partial charge in [0.25, 0.3) is 0 Å². The SMILES string of the molecule is CCCN(Cc1ccc(F)cc1C#CCO)CC1CC1. The van der Waals surface area contributed by atoms with E-state index in [2.05, 4.69) is 23.7 Å². The molecule has 108 valence electrons. The Morgan fingerprint density at radius 2 is 2.20 bits per heavy atom. The van der Waals surface area contributed by atoms with Gasteiger partial charge < -0.3 is 5.11 Å². The average Bonchev–Trinajstić information content (AvgIpc) is 3.23. The van der Waals surface area contributed by atoms with Crippen LogP contribution in [0.15, 0.2) is 18.2 Å². The number of aliphatic hydroxyl groups excluding tert-OH is 1. The second-order valence-electron chi connectivity index (χ2n) is 5.44. The predicted octanol–water partition coefficient (Wildman–Crippen LogP) is 2.79. The van der Waals surface area contributed by atoms with Crippen molar-refractivity contribution < 1.29 is 9.50 Å². The molecule has 2 rings (SSSR count). The van der Waals surface area contributed by atoms with Crippen LogP contribution in [-0.4, -0.2) is 29.7 Å². The van der Waals surface area contributed by atoms with Gasteiger partial charge in [0.15, 0.2) is 0 Å². The van der Waals surface area contributed by atoms with E-state index in [1.165, 1.54) is 25.0 Å². The smallest absolute Gasteiger partial charge is 0.124 e. The summed E-state index contributed by atoms with van der Waals surface area (Å²) in [4.78, 5) is 2.43. The number of hydrogen-bond donors (Lipinski definition) is 1. The Morgan fingerprint density at radius 3 is 2.85 bits per heavy atom. The quantitative estimate of drug-likeness (QED) is 0.807. The molecule has 0 atom stereocenters. The van der Waals surface area contributed by atoms with Crippen molar-refractivity contribution in [1.29, 1.82) is 0 Å². The molecular formula is C17H22FNO. The highest BCUT2D eigenvalue weighted by molar-refractivity contribution is 5.41. The lowest BCUT2D eigenvalue weighted by Gasteiger charge is -2.22. The molecule has 0 spiro atoms. The van der Waals surface area contributed by atoms with Gasteiger partial charge in [0, 0.05) is 18.7 Å². The summed E-state index contributed by atoms with van der Waals surface area (Å²) in [6.45, 7) is 4.96. The second kappa shape index (κ2) is 7.42. The van der Waals surface area contributed by atoms with Crippen molar-refractivity contribution in [3.63, 3.8) is 0 Å². The molecule has 1 N–H and O–H groups in total. The van der Waals surface area contributed by atoms with Crippen LogP contribution >= 0.6 is 0 Å². The van der Waals surface area contributed by atoms with Crippen LogP contribution in [0.5, 0.6) is 0 Å². The molecular weight excluding hydrogens is 253 g/mol. The first-order valence-corrected chi connectivity index (χ1v) is 7.33. The molecule has 20 heavy (non-hydrogen) atoms. The minimum Gasteiger partial charge on any atom is -0.384 e. The summed E-state index contributed by atoms with van der Waals surface area (Å²) in [7, 11) is 0. The van der Waals surface area contributed by atoms with Crippen LogP contribution in [0.4, 0.5) is 4.39 Å². The Balaban J connectivity index is 2.12. The number of halogens is 1. The molecule has 1 fully saturated rings. The van der Waals surface area contributed by atoms with Gasteiger partial charge in [0.05, 0.1) is 0 Å². The molecule has 0 aliphatic heterocycles. The van der Waals surface area contributed by atoms with Crippen molar-refractivity contribution in [2.45, 2.75) is 32.7 Å². The van der Waals surface area contributed by atoms with E-state index in [9.17, 15) is 4.39 Å². The van der Waals surface area contributed by atoms with Crippen LogP contribution in [0.25, 0.3) is 0 Å². The van der Waals surface area contributed by atoms with Crippen molar-refractivity contribution in [3.8, 4) is 11.8 Å². The number of benzene rings is 1. The van der Waals surface area contributed by atoms with Gasteiger partial charge in [-0.1, -0.05) is 24.8 Å². The third kappa shape index (κ3) is 4.63. The van der Waals surface area contributed by atoms with Gasteiger partial charge in [0.1, 0.15) is 12.4 Å². The maximum absolute atomic E-state index is 13.3. The zero-order chi connectivity index (χ0) is 14.4. The number of nitrogens with zero attached hydrogens (tertiary/aromatic N) is 1. The van der Waals surface area contributed by atoms with E-state index in [-0.39, 0.29) is 12.4 Å². The van der Waals surface area contributed by atoms with Gasteiger partial charge in [-0.3, -0.25) is 4.90 Å². The van der Waals surface area contributed by atoms with Gasteiger partial charge in [-0.15, -0.1) is 0 Å². The number of hydrogen-bond acceptors (Lipinski definition) is 2. The molecule has 1 aromatic carbocycles. The fraction of sp³-hybridized carbons (Fsp3) is 0.529. The van der Waals surface area contributed by atoms with Gasteiger partial charge in [-0.2, -0.15) is 0 Å². The van der Waals surface area contributed by atoms with E-state index in [0.717, 1.165) is 37.5 Å². The molecule has 0 aromatic heterocycles. The topological polar surface area (TPSA) is 23.5 Å². The molecule has 3 heteroatoms. The maximum Gasteiger partial charge on any atom is 0.124 e. The van der Waals surface area contributed by atoms with Crippen molar-refractivity contribution in [2.24, 2.45) is 5.92 Å². The summed E-state index contributed by atoms with van der Waals surface area (Å²) < 4.78 is 13.3. The lowest BCUT2D eigenvalue weighted by atomic mass is 10.1. The fourth-order valence-electron chi connectivity index (χ4n) is 2.40. The summed E-state index contributed by atoms with van der Waals surface area (Å²) in [6.07, 6.45) is 3.78. The number of rotatable bonds is 6. The van der Waals surface area contributed by atoms with Crippen molar-refractivity contribution in [2.75, 3.05) is 19.7 Å². The fourth-order valence-corrected chi connectivity index (χ4v) is 2.40. The zero-order valence-electron chi connectivity index (χ0n) is 12.0. The first-order chi connectivity index (χ1) is 9.72. The Hall–Kier alpha value is -1.37. The van der Waals surface area contributed by atoms with E-state index in [4.69, 9.17) is 5.11 Å². The normalized spacial score (nSPS) is 14.2. The highest BCUT2D eigenvalue weighted by Gasteiger charge is 2.24. The van der Waals surface area contributed by atoms with Crippen LogP contribution in [0.1, 0.15) is 37.3 Å². The highest BCUT2D eigenvalue weighted by atomic mass is 19.1. The standard InChI is InChI=1S/C17H22FNO/c1-2-9-19(12-14-5-6-14)13-16-7-8-17(18)11-15(16)4-3-10-20/h7-8,11,14,20H,2,5-6,9-10,12-13H2,1H3. The van der Waals surface area contributed by atoms with Crippen LogP contribution in [0.2, 0.25) is 0 Å². The summed E-state index contributed by atoms with van der Waals surface area (Å²) in [5.41, 5.74) is 1.73. The van der Waals surface area contributed by atoms with Gasteiger partial charge in [-0.05, 0) is 49.4 Å². The molecule has 0 unspecified atom stereocenters. The molecule has 0 radical (unpaired) electrons. The van der Waals surface area contributed by atoms with E-state index in [1.54, 1.807) is 0 Å². The Kier molecular flexibility index (Phi) is 5.58. The minimum atomic E-state index is -0.278. The third-order valence-corrected chi connectivity index (χ3v) is 3.52. The lowest BCUT2D eigenvalue weighted by molar-refractivity contribution is 0.255. The molecule has 1 aromatic rings. The van der Waals surface area contributed by atoms with Crippen molar-refractivity contribution in [3.05, 3.63) is 35.1 Å². The molecule has 0 amide bonds. The van der Waals surface area contributed by atoms with E-state index in [1.807, 2.05) is 6.07 Å². The van der Waals surface area contributed by atoms with Crippen molar-refractivity contribution >= 4 is 0 Å². The van der Waals surface area contributed by atoms with Crippen molar-refractivity contribution in [1.82, 2.24) is 4.90 Å². The van der Waals surface area contributed by atoms with Gasteiger partial charge >= 0.3 is 0 Å². The van der Waals surface area contributed by atoms with Crippen LogP contribution < -0.4 is 0 Å². The van der Waals surface area contributed by atoms with Gasteiger partial charge in [-0.25, -0.2) is 4.39 Å². The summed E-state index contributed by atoms with van der Waals surface area (Å²) in [6, 6.07) is 4.76. The second-order valence-corrected chi connectivity index (χ2v) is 5.44. The summed E-state index contributed by atoms with van der Waals surface area (Å²) in [5, 5.41) is 8.80. The van der Waals surface area contributed by atoms with Gasteiger partial charge in [0.2, 0.25) is 0 Å². The van der Waals surface area contributed by atoms with E-state index < -0.39 is 0 Å². The van der Waals surface area contributed by atoms with Crippen LogP contribution in [0, 0.1) is 23.6 Å². The molecule has 1 aliphatic rings. The zero-order valence-corrected chi connectivity index (χ0v) is 12.0. The predicted molar refractivity (Wildman–Crippen MR) is 78.7 cm³/mol. The first kappa shape index (κ1) is 15.0. The van der Waals surface area contributed by atoms with Crippen LogP contribution in [0.3, 0.4) is 0 Å². The third-order valence-electron chi connectivity index (χ3n) is 3.52. The first-order valence-electron chi connectivity index (χ1n) is 7.33. The van der Waals surface area contributed by atoms with E-state index in [0.29, 0.717) is 5.56 Å². The monoisotopic (exact) mass is 275 g/mol. The minimum absolute atomic E-state index is 0.198. The molecule has 0 heterocycles. The molecule has 1 saturated carbocycles. The summed E-state index contributed by atoms with van der Waals surface area (Å²) in [5.74, 6) is 6.03. The van der Waals surface area contributed by atoms with Crippen LogP contribution in [-0.2, 0) is 6.54 Å². The molecule has 1 aliphatic carbocycles. The Morgan fingerprint density at radius 1 is 1.40 bits per heavy atom. The van der Waals surface area contributed by atoms with E-state index >= 15 is 0 Å². The Bertz CT molecular complexity index is 499. The largest absolute Gasteiger partial charge is 0.384 e. The lowest BCUT2D eigenvalue weighted by Crippen LogP contribution is -2.26. The summed E-state index contributed by atoms with van der Waals surface area (Å²) >= 11 is 0. The molecule has 2 nitrogen and oxygen atoms in total. The molecule has 0 saturated heterocycles. The highest BCUT2D eigenvalue weighted by Crippen LogP contribution is 2.30. The Labute approximate surface area is 120 Å². The maximum atomic E-state index is 13.3. The molecule has 0 bridgehead atoms. The number of aliphatic hydroxyl groups is 1.